The number of benzene rings is 1. The van der Waals surface area contributed by atoms with Gasteiger partial charge in [-0.15, -0.1) is 0 Å². The van der Waals surface area contributed by atoms with Crippen molar-refractivity contribution in [1.82, 2.24) is 4.98 Å². The monoisotopic (exact) mass is 441 g/mol. The lowest BCUT2D eigenvalue weighted by Crippen LogP contribution is -2.51. The summed E-state index contributed by atoms with van der Waals surface area (Å²) in [5.74, 6) is 1.33. The molecule has 0 saturated heterocycles. The fraction of sp³-hybridized carbons (Fsp3) is 0.500. The summed E-state index contributed by atoms with van der Waals surface area (Å²) in [6, 6.07) is 11.0. The number of rotatable bonds is 5. The van der Waals surface area contributed by atoms with Gasteiger partial charge in [-0.05, 0) is 75.4 Å². The number of amides is 1. The standard InChI is InChI=1S/C24H31N3O3S/c1-14(2)31(29,30)19-11-12-21-20(13-19)23(26-22-8-6-7-15(3)25-22)16(4)24(18-9-10-18)27(21)17(5)28/h6-8,11-14,16,18,23-24H,9-10H2,1-5H3,(H,25,26)/t16-,23?,24?/m1/s1. The second kappa shape index (κ2) is 7.93. The Morgan fingerprint density at radius 3 is 2.48 bits per heavy atom. The first-order valence-electron chi connectivity index (χ1n) is 11.0. The normalized spacial score (nSPS) is 23.5. The van der Waals surface area contributed by atoms with Gasteiger partial charge in [-0.1, -0.05) is 13.0 Å². The predicted octanol–water partition coefficient (Wildman–Crippen LogP) is 4.51. The number of carbonyl (C=O) groups is 1. The number of hydrogen-bond acceptors (Lipinski definition) is 5. The number of aryl methyl sites for hydroxylation is 1. The molecule has 1 amide bonds. The lowest BCUT2D eigenvalue weighted by atomic mass is 9.80. The van der Waals surface area contributed by atoms with E-state index in [9.17, 15) is 13.2 Å². The van der Waals surface area contributed by atoms with E-state index in [1.807, 2.05) is 36.1 Å². The van der Waals surface area contributed by atoms with E-state index < -0.39 is 15.1 Å². The van der Waals surface area contributed by atoms with Crippen LogP contribution in [0.2, 0.25) is 0 Å². The van der Waals surface area contributed by atoms with Crippen molar-refractivity contribution in [1.29, 1.82) is 0 Å². The van der Waals surface area contributed by atoms with Crippen molar-refractivity contribution in [2.45, 2.75) is 69.7 Å². The van der Waals surface area contributed by atoms with Crippen molar-refractivity contribution in [3.63, 3.8) is 0 Å². The van der Waals surface area contributed by atoms with Crippen molar-refractivity contribution < 1.29 is 13.2 Å². The van der Waals surface area contributed by atoms with Crippen LogP contribution in [0, 0.1) is 18.8 Å². The van der Waals surface area contributed by atoms with E-state index >= 15 is 0 Å². The van der Waals surface area contributed by atoms with Crippen LogP contribution in [0.3, 0.4) is 0 Å². The third-order valence-corrected chi connectivity index (χ3v) is 8.69. The zero-order valence-electron chi connectivity index (χ0n) is 18.8. The molecule has 1 aliphatic heterocycles. The lowest BCUT2D eigenvalue weighted by Gasteiger charge is -2.46. The Hall–Kier alpha value is -2.41. The van der Waals surface area contributed by atoms with Gasteiger partial charge in [0.15, 0.2) is 9.84 Å². The van der Waals surface area contributed by atoms with Crippen molar-refractivity contribution in [3.05, 3.63) is 47.7 Å². The SMILES string of the molecule is CC(=O)N1c2ccc(S(=O)(=O)C(C)C)cc2C(Nc2cccc(C)n2)[C@@H](C)C1C1CC1. The first kappa shape index (κ1) is 21.8. The topological polar surface area (TPSA) is 79.4 Å². The minimum absolute atomic E-state index is 0.00315. The summed E-state index contributed by atoms with van der Waals surface area (Å²) in [5, 5.41) is 3.05. The predicted molar refractivity (Wildman–Crippen MR) is 123 cm³/mol. The van der Waals surface area contributed by atoms with Crippen LogP contribution in [0.1, 0.15) is 57.8 Å². The highest BCUT2D eigenvalue weighted by molar-refractivity contribution is 7.92. The average Bonchev–Trinajstić information content (AvgIpc) is 3.54. The molecule has 0 bridgehead atoms. The molecule has 0 spiro atoms. The number of sulfone groups is 1. The first-order chi connectivity index (χ1) is 14.6. The Kier molecular flexibility index (Phi) is 5.58. The minimum atomic E-state index is -3.43. The number of anilines is 2. The number of hydrogen-bond donors (Lipinski definition) is 1. The number of aromatic nitrogens is 1. The third-order valence-electron chi connectivity index (χ3n) is 6.54. The van der Waals surface area contributed by atoms with E-state index in [4.69, 9.17) is 0 Å². The van der Waals surface area contributed by atoms with E-state index in [0.29, 0.717) is 10.8 Å². The second-order valence-electron chi connectivity index (χ2n) is 9.18. The summed E-state index contributed by atoms with van der Waals surface area (Å²) in [6.45, 7) is 9.07. The van der Waals surface area contributed by atoms with Gasteiger partial charge in [-0.25, -0.2) is 13.4 Å². The fourth-order valence-electron chi connectivity index (χ4n) is 4.78. The summed E-state index contributed by atoms with van der Waals surface area (Å²) in [6.07, 6.45) is 2.23. The molecule has 2 heterocycles. The van der Waals surface area contributed by atoms with Gasteiger partial charge in [0.2, 0.25) is 5.91 Å². The number of nitrogens with zero attached hydrogens (tertiary/aromatic N) is 2. The molecule has 2 unspecified atom stereocenters. The zero-order valence-corrected chi connectivity index (χ0v) is 19.6. The number of nitrogens with one attached hydrogen (secondary N) is 1. The van der Waals surface area contributed by atoms with Crippen LogP contribution in [0.5, 0.6) is 0 Å². The van der Waals surface area contributed by atoms with E-state index in [2.05, 4.69) is 17.2 Å². The van der Waals surface area contributed by atoms with Crippen LogP contribution in [0.15, 0.2) is 41.3 Å². The van der Waals surface area contributed by atoms with Gasteiger partial charge < -0.3 is 10.2 Å². The van der Waals surface area contributed by atoms with Crippen LogP contribution in [0.4, 0.5) is 11.5 Å². The highest BCUT2D eigenvalue weighted by Crippen LogP contribution is 2.50. The van der Waals surface area contributed by atoms with Gasteiger partial charge in [0.25, 0.3) is 0 Å². The smallest absolute Gasteiger partial charge is 0.224 e. The van der Waals surface area contributed by atoms with Crippen LogP contribution < -0.4 is 10.2 Å². The van der Waals surface area contributed by atoms with Crippen molar-refractivity contribution in [2.75, 3.05) is 10.2 Å². The van der Waals surface area contributed by atoms with Crippen molar-refractivity contribution in [2.24, 2.45) is 11.8 Å². The molecule has 1 N–H and O–H groups in total. The molecule has 1 aromatic heterocycles. The summed E-state index contributed by atoms with van der Waals surface area (Å²) < 4.78 is 25.8. The number of pyridine rings is 1. The summed E-state index contributed by atoms with van der Waals surface area (Å²) in [4.78, 5) is 19.5. The number of fused-ring (bicyclic) bond motifs is 1. The van der Waals surface area contributed by atoms with Crippen LogP contribution >= 0.6 is 0 Å². The Labute approximate surface area is 185 Å². The Balaban J connectivity index is 1.87. The maximum absolute atomic E-state index is 12.9. The molecule has 3 atom stereocenters. The maximum atomic E-state index is 12.9. The van der Waals surface area contributed by atoms with Gasteiger partial charge in [-0.2, -0.15) is 0 Å². The molecular weight excluding hydrogens is 410 g/mol. The van der Waals surface area contributed by atoms with Crippen molar-refractivity contribution >= 4 is 27.2 Å². The molecular formula is C24H31N3O3S. The van der Waals surface area contributed by atoms with E-state index in [1.54, 1.807) is 32.9 Å². The van der Waals surface area contributed by atoms with E-state index in [-0.39, 0.29) is 23.9 Å². The van der Waals surface area contributed by atoms with Crippen LogP contribution in [-0.4, -0.2) is 30.6 Å². The molecule has 1 fully saturated rings. The summed E-state index contributed by atoms with van der Waals surface area (Å²) in [5.41, 5.74) is 2.55. The van der Waals surface area contributed by atoms with Crippen molar-refractivity contribution in [3.8, 4) is 0 Å². The molecule has 1 saturated carbocycles. The molecule has 2 aromatic rings. The molecule has 0 radical (unpaired) electrons. The first-order valence-corrected chi connectivity index (χ1v) is 12.5. The largest absolute Gasteiger partial charge is 0.363 e. The van der Waals surface area contributed by atoms with Crippen LogP contribution in [0.25, 0.3) is 0 Å². The van der Waals surface area contributed by atoms with Gasteiger partial charge in [0.1, 0.15) is 5.82 Å². The molecule has 31 heavy (non-hydrogen) atoms. The maximum Gasteiger partial charge on any atom is 0.224 e. The molecule has 7 heteroatoms. The van der Waals surface area contributed by atoms with Gasteiger partial charge in [-0.3, -0.25) is 4.79 Å². The highest BCUT2D eigenvalue weighted by Gasteiger charge is 2.47. The average molecular weight is 442 g/mol. The third kappa shape index (κ3) is 3.95. The molecule has 1 aliphatic carbocycles. The van der Waals surface area contributed by atoms with Gasteiger partial charge in [0, 0.05) is 30.3 Å². The molecule has 1 aromatic carbocycles. The Bertz CT molecular complexity index is 1110. The second-order valence-corrected chi connectivity index (χ2v) is 11.7. The summed E-state index contributed by atoms with van der Waals surface area (Å²) in [7, 11) is -3.43. The van der Waals surface area contributed by atoms with Gasteiger partial charge >= 0.3 is 0 Å². The van der Waals surface area contributed by atoms with E-state index in [1.165, 1.54) is 0 Å². The lowest BCUT2D eigenvalue weighted by molar-refractivity contribution is -0.117. The van der Waals surface area contributed by atoms with E-state index in [0.717, 1.165) is 35.6 Å². The Morgan fingerprint density at radius 1 is 1.19 bits per heavy atom. The minimum Gasteiger partial charge on any atom is -0.363 e. The molecule has 166 valence electrons. The van der Waals surface area contributed by atoms with Gasteiger partial charge in [0.05, 0.1) is 16.2 Å². The quantitative estimate of drug-likeness (QED) is 0.739. The molecule has 4 rings (SSSR count). The fourth-order valence-corrected chi connectivity index (χ4v) is 5.87. The zero-order chi connectivity index (χ0) is 22.5. The molecule has 6 nitrogen and oxygen atoms in total. The number of carbonyl (C=O) groups excluding carboxylic acids is 1. The van der Waals surface area contributed by atoms with Crippen LogP contribution in [-0.2, 0) is 14.6 Å². The Morgan fingerprint density at radius 2 is 1.90 bits per heavy atom. The highest BCUT2D eigenvalue weighted by atomic mass is 32.2. The summed E-state index contributed by atoms with van der Waals surface area (Å²) >= 11 is 0. The molecule has 2 aliphatic rings.